The second-order valence-corrected chi connectivity index (χ2v) is 8.58. The number of ether oxygens (including phenoxy) is 2. The fraction of sp³-hybridized carbons (Fsp3) is 0.0667. The van der Waals surface area contributed by atoms with E-state index in [-0.39, 0.29) is 0 Å². The smallest absolute Gasteiger partial charge is 0.162 e. The number of benzene rings is 4. The van der Waals surface area contributed by atoms with Gasteiger partial charge >= 0.3 is 0 Å². The van der Waals surface area contributed by atoms with E-state index >= 15 is 0 Å². The number of hydrogen-bond donors (Lipinski definition) is 1. The van der Waals surface area contributed by atoms with Gasteiger partial charge in [-0.1, -0.05) is 72.3 Å². The number of anilines is 1. The molecule has 0 atom stereocenters. The number of halogens is 1. The molecular formula is C30H24ClN3O2. The van der Waals surface area contributed by atoms with Crippen LogP contribution in [0, 0.1) is 0 Å². The molecule has 5 aromatic rings. The molecule has 0 aliphatic carbocycles. The first-order valence-electron chi connectivity index (χ1n) is 11.6. The zero-order valence-corrected chi connectivity index (χ0v) is 20.2. The second kappa shape index (κ2) is 11.4. The third-order valence-electron chi connectivity index (χ3n) is 5.55. The number of nitrogens with zero attached hydrogens (tertiary/aromatic N) is 2. The van der Waals surface area contributed by atoms with E-state index in [1.807, 2.05) is 103 Å². The van der Waals surface area contributed by atoms with Gasteiger partial charge in [-0.05, 0) is 59.2 Å². The minimum atomic E-state index is 0.437. The van der Waals surface area contributed by atoms with Crippen molar-refractivity contribution in [3.05, 3.63) is 131 Å². The summed E-state index contributed by atoms with van der Waals surface area (Å²) in [4.78, 5) is 4.37. The SMILES string of the molecule is Clc1ccc2c(NN=Cc3ccc(OCc4ccccc4)c(OCc4ccccc4)c3)ccnc2c1. The van der Waals surface area contributed by atoms with Gasteiger partial charge in [0.2, 0.25) is 0 Å². The van der Waals surface area contributed by atoms with Crippen LogP contribution in [-0.4, -0.2) is 11.2 Å². The summed E-state index contributed by atoms with van der Waals surface area (Å²) in [6.07, 6.45) is 3.48. The minimum absolute atomic E-state index is 0.437. The monoisotopic (exact) mass is 493 g/mol. The molecule has 5 nitrogen and oxygen atoms in total. The Labute approximate surface area is 215 Å². The number of hydrazone groups is 1. The molecule has 1 heterocycles. The molecule has 0 spiro atoms. The maximum atomic E-state index is 6.16. The number of fused-ring (bicyclic) bond motifs is 1. The van der Waals surface area contributed by atoms with Gasteiger partial charge in [0.1, 0.15) is 13.2 Å². The van der Waals surface area contributed by atoms with E-state index in [4.69, 9.17) is 21.1 Å². The molecule has 0 aliphatic heterocycles. The van der Waals surface area contributed by atoms with Crippen LogP contribution in [0.2, 0.25) is 5.02 Å². The van der Waals surface area contributed by atoms with E-state index in [1.165, 1.54) is 0 Å². The summed E-state index contributed by atoms with van der Waals surface area (Å²) in [5.74, 6) is 1.33. The molecule has 1 N–H and O–H groups in total. The average Bonchev–Trinajstić information content (AvgIpc) is 2.92. The van der Waals surface area contributed by atoms with Crippen molar-refractivity contribution >= 4 is 34.4 Å². The van der Waals surface area contributed by atoms with Crippen LogP contribution in [0.5, 0.6) is 11.5 Å². The predicted octanol–water partition coefficient (Wildman–Crippen LogP) is 7.49. The molecule has 4 aromatic carbocycles. The molecule has 0 saturated carbocycles. The van der Waals surface area contributed by atoms with E-state index in [2.05, 4.69) is 15.5 Å². The molecule has 36 heavy (non-hydrogen) atoms. The van der Waals surface area contributed by atoms with E-state index in [9.17, 15) is 0 Å². The first-order chi connectivity index (χ1) is 17.7. The first kappa shape index (κ1) is 23.4. The summed E-state index contributed by atoms with van der Waals surface area (Å²) < 4.78 is 12.3. The standard InChI is InChI=1S/C30H24ClN3O2/c31-25-12-13-26-27(15-16-32-28(26)18-25)34-33-19-24-11-14-29(35-20-22-7-3-1-4-8-22)30(17-24)36-21-23-9-5-2-6-10-23/h1-19H,20-21H2,(H,32,34). The summed E-state index contributed by atoms with van der Waals surface area (Å²) in [7, 11) is 0. The molecule has 0 fully saturated rings. The van der Waals surface area contributed by atoms with Gasteiger partial charge < -0.3 is 9.47 Å². The molecule has 5 rings (SSSR count). The van der Waals surface area contributed by atoms with Crippen molar-refractivity contribution in [2.75, 3.05) is 5.43 Å². The first-order valence-corrected chi connectivity index (χ1v) is 11.9. The summed E-state index contributed by atoms with van der Waals surface area (Å²) in [6.45, 7) is 0.892. The Morgan fingerprint density at radius 3 is 2.17 bits per heavy atom. The van der Waals surface area contributed by atoms with Gasteiger partial charge in [-0.15, -0.1) is 0 Å². The van der Waals surface area contributed by atoms with Crippen molar-refractivity contribution in [2.45, 2.75) is 13.2 Å². The Kier molecular flexibility index (Phi) is 7.40. The molecule has 178 valence electrons. The van der Waals surface area contributed by atoms with Crippen molar-refractivity contribution in [3.63, 3.8) is 0 Å². The van der Waals surface area contributed by atoms with E-state index in [0.29, 0.717) is 29.7 Å². The predicted molar refractivity (Wildman–Crippen MR) is 146 cm³/mol. The quantitative estimate of drug-likeness (QED) is 0.171. The Morgan fingerprint density at radius 2 is 1.44 bits per heavy atom. The maximum Gasteiger partial charge on any atom is 0.162 e. The van der Waals surface area contributed by atoms with Gasteiger partial charge in [-0.25, -0.2) is 0 Å². The fourth-order valence-electron chi connectivity index (χ4n) is 3.70. The van der Waals surface area contributed by atoms with E-state index in [0.717, 1.165) is 33.3 Å². The van der Waals surface area contributed by atoms with Crippen LogP contribution in [0.25, 0.3) is 10.9 Å². The number of aromatic nitrogens is 1. The normalized spacial score (nSPS) is 11.0. The number of hydrogen-bond acceptors (Lipinski definition) is 5. The Bertz CT molecular complexity index is 1470. The van der Waals surface area contributed by atoms with Gasteiger partial charge in [0.25, 0.3) is 0 Å². The lowest BCUT2D eigenvalue weighted by Crippen LogP contribution is -2.01. The summed E-state index contributed by atoms with van der Waals surface area (Å²) in [5, 5.41) is 6.02. The molecule has 0 saturated heterocycles. The van der Waals surface area contributed by atoms with Gasteiger partial charge in [0.05, 0.1) is 17.4 Å². The number of nitrogens with one attached hydrogen (secondary N) is 1. The zero-order chi connectivity index (χ0) is 24.6. The number of pyridine rings is 1. The lowest BCUT2D eigenvalue weighted by molar-refractivity contribution is 0.256. The third-order valence-corrected chi connectivity index (χ3v) is 5.78. The molecule has 0 bridgehead atoms. The lowest BCUT2D eigenvalue weighted by Gasteiger charge is -2.14. The van der Waals surface area contributed by atoms with Crippen LogP contribution in [0.4, 0.5) is 5.69 Å². The highest BCUT2D eigenvalue weighted by atomic mass is 35.5. The highest BCUT2D eigenvalue weighted by Gasteiger charge is 2.08. The van der Waals surface area contributed by atoms with Crippen LogP contribution in [0.1, 0.15) is 16.7 Å². The zero-order valence-electron chi connectivity index (χ0n) is 19.5. The van der Waals surface area contributed by atoms with Crippen LogP contribution >= 0.6 is 11.6 Å². The average molecular weight is 494 g/mol. The Morgan fingerprint density at radius 1 is 0.750 bits per heavy atom. The van der Waals surface area contributed by atoms with Gasteiger partial charge in [0, 0.05) is 16.6 Å². The van der Waals surface area contributed by atoms with E-state index < -0.39 is 0 Å². The largest absolute Gasteiger partial charge is 0.485 e. The molecule has 6 heteroatoms. The topological polar surface area (TPSA) is 55.7 Å². The van der Waals surface area contributed by atoms with Gasteiger partial charge in [-0.3, -0.25) is 10.4 Å². The van der Waals surface area contributed by atoms with Crippen molar-refractivity contribution in [1.29, 1.82) is 0 Å². The summed E-state index contributed by atoms with van der Waals surface area (Å²) >= 11 is 6.09. The van der Waals surface area contributed by atoms with Gasteiger partial charge in [-0.2, -0.15) is 5.10 Å². The van der Waals surface area contributed by atoms with Crippen LogP contribution < -0.4 is 14.9 Å². The second-order valence-electron chi connectivity index (χ2n) is 8.14. The van der Waals surface area contributed by atoms with E-state index in [1.54, 1.807) is 12.4 Å². The summed E-state index contributed by atoms with van der Waals surface area (Å²) in [5.41, 5.74) is 7.80. The molecule has 0 unspecified atom stereocenters. The minimum Gasteiger partial charge on any atom is -0.485 e. The van der Waals surface area contributed by atoms with Crippen molar-refractivity contribution in [2.24, 2.45) is 5.10 Å². The summed E-state index contributed by atoms with van der Waals surface area (Å²) in [6, 6.07) is 33.4. The number of rotatable bonds is 9. The molecule has 0 radical (unpaired) electrons. The third kappa shape index (κ3) is 6.01. The maximum absolute atomic E-state index is 6.16. The van der Waals surface area contributed by atoms with Crippen LogP contribution in [0.3, 0.4) is 0 Å². The van der Waals surface area contributed by atoms with Crippen molar-refractivity contribution < 1.29 is 9.47 Å². The molecule has 1 aromatic heterocycles. The Balaban J connectivity index is 1.34. The molecular weight excluding hydrogens is 470 g/mol. The van der Waals surface area contributed by atoms with Crippen LogP contribution in [-0.2, 0) is 13.2 Å². The molecule has 0 aliphatic rings. The highest BCUT2D eigenvalue weighted by molar-refractivity contribution is 6.31. The van der Waals surface area contributed by atoms with Gasteiger partial charge in [0.15, 0.2) is 11.5 Å². The van der Waals surface area contributed by atoms with Crippen molar-refractivity contribution in [1.82, 2.24) is 4.98 Å². The fourth-order valence-corrected chi connectivity index (χ4v) is 3.87. The molecule has 0 amide bonds. The lowest BCUT2D eigenvalue weighted by atomic mass is 10.2. The Hall–Kier alpha value is -4.35. The van der Waals surface area contributed by atoms with Crippen LogP contribution in [0.15, 0.2) is 114 Å². The van der Waals surface area contributed by atoms with Crippen molar-refractivity contribution in [3.8, 4) is 11.5 Å². The highest BCUT2D eigenvalue weighted by Crippen LogP contribution is 2.30.